The smallest absolute Gasteiger partial charge is 0.339 e. The summed E-state index contributed by atoms with van der Waals surface area (Å²) in [5.74, 6) is -0.254. The molecule has 0 unspecified atom stereocenters. The lowest BCUT2D eigenvalue weighted by Crippen LogP contribution is -2.06. The Hall–Kier alpha value is -2.81. The fourth-order valence-corrected chi connectivity index (χ4v) is 2.44. The first-order valence-electron chi connectivity index (χ1n) is 7.05. The van der Waals surface area contributed by atoms with Gasteiger partial charge in [0.1, 0.15) is 0 Å². The third-order valence-electron chi connectivity index (χ3n) is 3.25. The Morgan fingerprint density at radius 1 is 1.09 bits per heavy atom. The van der Waals surface area contributed by atoms with Gasteiger partial charge < -0.3 is 9.84 Å². The predicted molar refractivity (Wildman–Crippen MR) is 90.2 cm³/mol. The maximum atomic E-state index is 12.3. The van der Waals surface area contributed by atoms with E-state index in [1.165, 1.54) is 0 Å². The number of rotatable bonds is 2. The summed E-state index contributed by atoms with van der Waals surface area (Å²) < 4.78 is 5.21. The van der Waals surface area contributed by atoms with Crippen LogP contribution in [-0.4, -0.2) is 17.7 Å². The summed E-state index contributed by atoms with van der Waals surface area (Å²) in [6.45, 7) is 5.13. The number of hydrogen-bond donors (Lipinski definition) is 1. The average Bonchev–Trinajstić information content (AvgIpc) is 2.53. The van der Waals surface area contributed by atoms with Crippen molar-refractivity contribution in [3.05, 3.63) is 73.0 Å². The minimum Gasteiger partial charge on any atom is -0.516 e. The van der Waals surface area contributed by atoms with Gasteiger partial charge in [-0.1, -0.05) is 55.1 Å². The van der Waals surface area contributed by atoms with Crippen molar-refractivity contribution in [2.24, 2.45) is 0 Å². The van der Waals surface area contributed by atoms with Gasteiger partial charge in [-0.2, -0.15) is 0 Å². The molecule has 0 amide bonds. The molecule has 0 saturated carbocycles. The molecule has 0 spiro atoms. The van der Waals surface area contributed by atoms with E-state index in [2.05, 4.69) is 12.6 Å². The summed E-state index contributed by atoms with van der Waals surface area (Å²) >= 11 is 0. The largest absolute Gasteiger partial charge is 0.516 e. The summed E-state index contributed by atoms with van der Waals surface area (Å²) in [6, 6.07) is 17.9. The van der Waals surface area contributed by atoms with E-state index >= 15 is 0 Å². The Labute approximate surface area is 129 Å². The second-order valence-electron chi connectivity index (χ2n) is 4.60. The van der Waals surface area contributed by atoms with E-state index in [-0.39, 0.29) is 5.97 Å². The lowest BCUT2D eigenvalue weighted by Gasteiger charge is -2.10. The van der Waals surface area contributed by atoms with Crippen LogP contribution in [0.3, 0.4) is 0 Å². The molecular weight excluding hydrogens is 276 g/mol. The third kappa shape index (κ3) is 3.09. The number of aliphatic hydroxyl groups excluding tert-OH is 1. The van der Waals surface area contributed by atoms with E-state index in [1.54, 1.807) is 0 Å². The molecule has 0 radical (unpaired) electrons. The fourth-order valence-electron chi connectivity index (χ4n) is 2.44. The van der Waals surface area contributed by atoms with Crippen molar-refractivity contribution in [3.63, 3.8) is 0 Å². The monoisotopic (exact) mass is 294 g/mol. The molecule has 3 heteroatoms. The number of carbonyl (C=O) groups excluding carboxylic acids is 1. The molecule has 0 heterocycles. The molecule has 0 saturated heterocycles. The minimum absolute atomic E-state index is 0.254. The highest BCUT2D eigenvalue weighted by molar-refractivity contribution is 6.16. The molecule has 3 aromatic carbocycles. The van der Waals surface area contributed by atoms with Crippen LogP contribution >= 0.6 is 0 Å². The molecule has 0 atom stereocenters. The van der Waals surface area contributed by atoms with Crippen LogP contribution in [0.4, 0.5) is 0 Å². The summed E-state index contributed by atoms with van der Waals surface area (Å²) in [5.41, 5.74) is 0.663. The summed E-state index contributed by atoms with van der Waals surface area (Å²) in [7, 11) is 0. The molecular formula is C19H18O3. The highest BCUT2D eigenvalue weighted by Gasteiger charge is 2.15. The van der Waals surface area contributed by atoms with Crippen LogP contribution in [0.25, 0.3) is 21.5 Å². The Balaban J connectivity index is 0.000000545. The van der Waals surface area contributed by atoms with Crippen LogP contribution in [0.5, 0.6) is 0 Å². The van der Waals surface area contributed by atoms with E-state index in [0.29, 0.717) is 12.2 Å². The molecule has 3 nitrogen and oxygen atoms in total. The highest BCUT2D eigenvalue weighted by Crippen LogP contribution is 2.28. The normalized spacial score (nSPS) is 9.86. The predicted octanol–water partition coefficient (Wildman–Crippen LogP) is 4.86. The number of fused-ring (bicyclic) bond motifs is 2. The van der Waals surface area contributed by atoms with Crippen molar-refractivity contribution in [3.8, 4) is 0 Å². The average molecular weight is 294 g/mol. The maximum absolute atomic E-state index is 12.3. The zero-order valence-corrected chi connectivity index (χ0v) is 12.5. The quantitative estimate of drug-likeness (QED) is 0.417. The van der Waals surface area contributed by atoms with E-state index in [9.17, 15) is 4.79 Å². The van der Waals surface area contributed by atoms with Gasteiger partial charge in [0, 0.05) is 0 Å². The van der Waals surface area contributed by atoms with Crippen molar-refractivity contribution in [1.29, 1.82) is 0 Å². The molecule has 1 N–H and O–H groups in total. The van der Waals surface area contributed by atoms with E-state index in [0.717, 1.165) is 27.8 Å². The molecule has 112 valence electrons. The van der Waals surface area contributed by atoms with Crippen LogP contribution in [0.2, 0.25) is 0 Å². The van der Waals surface area contributed by atoms with Crippen LogP contribution in [0, 0.1) is 0 Å². The number of esters is 1. The van der Waals surface area contributed by atoms with E-state index in [4.69, 9.17) is 9.84 Å². The fraction of sp³-hybridized carbons (Fsp3) is 0.105. The lowest BCUT2D eigenvalue weighted by atomic mass is 9.97. The summed E-state index contributed by atoms with van der Waals surface area (Å²) in [6.07, 6.45) is 0.750. The zero-order chi connectivity index (χ0) is 15.9. The Morgan fingerprint density at radius 2 is 1.55 bits per heavy atom. The third-order valence-corrected chi connectivity index (χ3v) is 3.25. The van der Waals surface area contributed by atoms with Crippen molar-refractivity contribution in [2.45, 2.75) is 6.92 Å². The standard InChI is InChI=1S/C17H14O2.C2H4O/c1-2-19-17(18)16-14-9-5-3-7-12(14)11-13-8-4-6-10-15(13)16;1-2-3/h3-11H,2H2,1H3;2-3H,1H2. The van der Waals surface area contributed by atoms with Crippen molar-refractivity contribution in [1.82, 2.24) is 0 Å². The number of hydrogen-bond acceptors (Lipinski definition) is 3. The highest BCUT2D eigenvalue weighted by atomic mass is 16.5. The topological polar surface area (TPSA) is 46.5 Å². The molecule has 0 aliphatic rings. The van der Waals surface area contributed by atoms with Crippen LogP contribution in [0.15, 0.2) is 67.4 Å². The van der Waals surface area contributed by atoms with Crippen molar-refractivity contribution < 1.29 is 14.6 Å². The molecule has 0 aliphatic carbocycles. The Kier molecular flexibility index (Phi) is 5.15. The SMILES string of the molecule is C=CO.CCOC(=O)c1c2ccccc2cc2ccccc12. The van der Waals surface area contributed by atoms with Crippen LogP contribution in [0.1, 0.15) is 17.3 Å². The first-order chi connectivity index (χ1) is 10.7. The van der Waals surface area contributed by atoms with Crippen molar-refractivity contribution in [2.75, 3.05) is 6.61 Å². The number of benzene rings is 3. The van der Waals surface area contributed by atoms with Crippen LogP contribution in [-0.2, 0) is 4.74 Å². The zero-order valence-electron chi connectivity index (χ0n) is 12.5. The molecule has 22 heavy (non-hydrogen) atoms. The van der Waals surface area contributed by atoms with Gasteiger partial charge in [0.2, 0.25) is 0 Å². The lowest BCUT2D eigenvalue weighted by molar-refractivity contribution is 0.0531. The second-order valence-corrected chi connectivity index (χ2v) is 4.60. The number of carbonyl (C=O) groups is 1. The van der Waals surface area contributed by atoms with Gasteiger partial charge in [0.05, 0.1) is 18.4 Å². The van der Waals surface area contributed by atoms with Crippen molar-refractivity contribution >= 4 is 27.5 Å². The van der Waals surface area contributed by atoms with E-state index in [1.807, 2.05) is 55.5 Å². The van der Waals surface area contributed by atoms with E-state index < -0.39 is 0 Å². The van der Waals surface area contributed by atoms with Gasteiger partial charge >= 0.3 is 5.97 Å². The molecule has 3 aromatic rings. The van der Waals surface area contributed by atoms with Gasteiger partial charge in [-0.15, -0.1) is 0 Å². The first-order valence-corrected chi connectivity index (χ1v) is 7.05. The van der Waals surface area contributed by atoms with Gasteiger partial charge in [-0.05, 0) is 34.5 Å². The Bertz CT molecular complexity index is 752. The maximum Gasteiger partial charge on any atom is 0.339 e. The Morgan fingerprint density at radius 3 is 2.00 bits per heavy atom. The molecule has 0 fully saturated rings. The van der Waals surface area contributed by atoms with Gasteiger partial charge in [-0.3, -0.25) is 0 Å². The molecule has 3 rings (SSSR count). The second kappa shape index (κ2) is 7.27. The molecule has 0 aromatic heterocycles. The van der Waals surface area contributed by atoms with Gasteiger partial charge in [0.25, 0.3) is 0 Å². The van der Waals surface area contributed by atoms with Crippen LogP contribution < -0.4 is 0 Å². The van der Waals surface area contributed by atoms with Gasteiger partial charge in [0.15, 0.2) is 0 Å². The first kappa shape index (κ1) is 15.6. The minimum atomic E-state index is -0.254. The summed E-state index contributed by atoms with van der Waals surface area (Å²) in [4.78, 5) is 12.3. The molecule has 0 aliphatic heterocycles. The number of ether oxygens (including phenoxy) is 1. The summed E-state index contributed by atoms with van der Waals surface area (Å²) in [5, 5.41) is 11.3. The number of aliphatic hydroxyl groups is 1. The molecule has 0 bridgehead atoms. The van der Waals surface area contributed by atoms with Gasteiger partial charge in [-0.25, -0.2) is 4.79 Å².